The first-order valence-corrected chi connectivity index (χ1v) is 7.98. The third kappa shape index (κ3) is 2.95. The zero-order valence-electron chi connectivity index (χ0n) is 11.7. The zero-order chi connectivity index (χ0) is 13.9. The highest BCUT2D eigenvalue weighted by molar-refractivity contribution is 7.13. The average molecular weight is 292 g/mol. The summed E-state index contributed by atoms with van der Waals surface area (Å²) in [6, 6.07) is 4.24. The van der Waals surface area contributed by atoms with Crippen LogP contribution in [-0.2, 0) is 6.54 Å². The summed E-state index contributed by atoms with van der Waals surface area (Å²) in [7, 11) is 2.05. The van der Waals surface area contributed by atoms with E-state index in [0.29, 0.717) is 5.89 Å². The molecule has 1 saturated carbocycles. The third-order valence-electron chi connectivity index (χ3n) is 3.96. The number of aliphatic hydroxyl groups is 1. The van der Waals surface area contributed by atoms with Gasteiger partial charge in [0.15, 0.2) is 0 Å². The molecule has 2 aromatic rings. The summed E-state index contributed by atoms with van der Waals surface area (Å²) in [6.45, 7) is 0.719. The summed E-state index contributed by atoms with van der Waals surface area (Å²) in [6.07, 6.45) is 5.82. The Hall–Kier alpha value is -1.17. The summed E-state index contributed by atoms with van der Waals surface area (Å²) in [5.41, 5.74) is 0.925. The fraction of sp³-hybridized carbons (Fsp3) is 0.533. The van der Waals surface area contributed by atoms with Crippen molar-refractivity contribution in [3.05, 3.63) is 29.5 Å². The van der Waals surface area contributed by atoms with Gasteiger partial charge in [0.1, 0.15) is 6.26 Å². The van der Waals surface area contributed by atoms with E-state index in [1.807, 2.05) is 17.5 Å². The molecule has 3 rings (SSSR count). The SMILES string of the molecule is CN(Cc1coc(-c2cccs2)n1)C1CCCCC1O. The molecule has 0 spiro atoms. The van der Waals surface area contributed by atoms with E-state index in [1.165, 1.54) is 6.42 Å². The maximum absolute atomic E-state index is 10.1. The molecule has 2 aromatic heterocycles. The minimum atomic E-state index is -0.211. The summed E-state index contributed by atoms with van der Waals surface area (Å²) in [5, 5.41) is 12.1. The lowest BCUT2D eigenvalue weighted by atomic mass is 9.91. The molecule has 1 N–H and O–H groups in total. The highest BCUT2D eigenvalue weighted by Crippen LogP contribution is 2.26. The Labute approximate surface area is 123 Å². The van der Waals surface area contributed by atoms with Crippen molar-refractivity contribution in [1.82, 2.24) is 9.88 Å². The van der Waals surface area contributed by atoms with Gasteiger partial charge in [0, 0.05) is 12.6 Å². The number of likely N-dealkylation sites (N-methyl/N-ethyl adjacent to an activating group) is 1. The van der Waals surface area contributed by atoms with Gasteiger partial charge in [0.2, 0.25) is 5.89 Å². The third-order valence-corrected chi connectivity index (χ3v) is 4.81. The number of aromatic nitrogens is 1. The van der Waals surface area contributed by atoms with E-state index >= 15 is 0 Å². The van der Waals surface area contributed by atoms with E-state index in [2.05, 4.69) is 16.9 Å². The number of hydrogen-bond acceptors (Lipinski definition) is 5. The lowest BCUT2D eigenvalue weighted by Gasteiger charge is -2.34. The monoisotopic (exact) mass is 292 g/mol. The minimum absolute atomic E-state index is 0.211. The van der Waals surface area contributed by atoms with Crippen LogP contribution >= 0.6 is 11.3 Å². The van der Waals surface area contributed by atoms with Crippen LogP contribution in [0, 0.1) is 0 Å². The van der Waals surface area contributed by atoms with E-state index in [9.17, 15) is 5.11 Å². The molecule has 5 heteroatoms. The van der Waals surface area contributed by atoms with Crippen LogP contribution in [0.3, 0.4) is 0 Å². The van der Waals surface area contributed by atoms with Gasteiger partial charge in [-0.05, 0) is 31.3 Å². The first-order chi connectivity index (χ1) is 9.74. The zero-order valence-corrected chi connectivity index (χ0v) is 12.5. The van der Waals surface area contributed by atoms with E-state index in [0.717, 1.165) is 36.4 Å². The van der Waals surface area contributed by atoms with E-state index < -0.39 is 0 Å². The Morgan fingerprint density at radius 3 is 3.05 bits per heavy atom. The average Bonchev–Trinajstić information content (AvgIpc) is 3.09. The summed E-state index contributed by atoms with van der Waals surface area (Å²) >= 11 is 1.63. The first kappa shape index (κ1) is 13.8. The van der Waals surface area contributed by atoms with Gasteiger partial charge in [0.25, 0.3) is 0 Å². The Balaban J connectivity index is 1.65. The van der Waals surface area contributed by atoms with Crippen molar-refractivity contribution >= 4 is 11.3 Å². The van der Waals surface area contributed by atoms with Crippen LogP contribution in [-0.4, -0.2) is 34.2 Å². The number of hydrogen-bond donors (Lipinski definition) is 1. The van der Waals surface area contributed by atoms with Crippen molar-refractivity contribution in [3.8, 4) is 10.8 Å². The van der Waals surface area contributed by atoms with Gasteiger partial charge in [0.05, 0.1) is 16.7 Å². The Morgan fingerprint density at radius 2 is 2.30 bits per heavy atom. The van der Waals surface area contributed by atoms with Crippen LogP contribution in [0.1, 0.15) is 31.4 Å². The fourth-order valence-electron chi connectivity index (χ4n) is 2.87. The fourth-order valence-corrected chi connectivity index (χ4v) is 3.53. The second kappa shape index (κ2) is 6.08. The molecule has 108 valence electrons. The summed E-state index contributed by atoms with van der Waals surface area (Å²) < 4.78 is 5.53. The predicted octanol–water partition coefficient (Wildman–Crippen LogP) is 3.14. The lowest BCUT2D eigenvalue weighted by Crippen LogP contribution is -2.42. The number of rotatable bonds is 4. The Bertz CT molecular complexity index is 538. The predicted molar refractivity (Wildman–Crippen MR) is 79.5 cm³/mol. The second-order valence-corrected chi connectivity index (χ2v) is 6.40. The van der Waals surface area contributed by atoms with Gasteiger partial charge in [-0.1, -0.05) is 18.9 Å². The Kier molecular flexibility index (Phi) is 4.19. The molecule has 0 aliphatic heterocycles. The largest absolute Gasteiger partial charge is 0.444 e. The number of thiophene rings is 1. The maximum atomic E-state index is 10.1. The van der Waals surface area contributed by atoms with Crippen molar-refractivity contribution in [2.45, 2.75) is 44.4 Å². The van der Waals surface area contributed by atoms with Crippen molar-refractivity contribution in [2.24, 2.45) is 0 Å². The number of nitrogens with zero attached hydrogens (tertiary/aromatic N) is 2. The molecule has 2 unspecified atom stereocenters. The van der Waals surface area contributed by atoms with Crippen LogP contribution in [0.25, 0.3) is 10.8 Å². The molecule has 20 heavy (non-hydrogen) atoms. The highest BCUT2D eigenvalue weighted by atomic mass is 32.1. The molecule has 0 radical (unpaired) electrons. The van der Waals surface area contributed by atoms with Crippen LogP contribution in [0.4, 0.5) is 0 Å². The van der Waals surface area contributed by atoms with Crippen molar-refractivity contribution in [3.63, 3.8) is 0 Å². The lowest BCUT2D eigenvalue weighted by molar-refractivity contribution is 0.0283. The van der Waals surface area contributed by atoms with Crippen LogP contribution in [0.5, 0.6) is 0 Å². The molecular weight excluding hydrogens is 272 g/mol. The van der Waals surface area contributed by atoms with Gasteiger partial charge < -0.3 is 9.52 Å². The second-order valence-electron chi connectivity index (χ2n) is 5.46. The Morgan fingerprint density at radius 1 is 1.45 bits per heavy atom. The standard InChI is InChI=1S/C15H20N2O2S/c1-17(12-5-2-3-6-13(12)18)9-11-10-19-15(16-11)14-7-4-8-20-14/h4,7-8,10,12-13,18H,2-3,5-6,9H2,1H3. The summed E-state index contributed by atoms with van der Waals surface area (Å²) in [5.74, 6) is 0.688. The molecule has 0 aromatic carbocycles. The maximum Gasteiger partial charge on any atom is 0.236 e. The van der Waals surface area contributed by atoms with Crippen molar-refractivity contribution in [1.29, 1.82) is 0 Å². The molecule has 1 fully saturated rings. The molecular formula is C15H20N2O2S. The first-order valence-electron chi connectivity index (χ1n) is 7.10. The quantitative estimate of drug-likeness (QED) is 0.940. The smallest absolute Gasteiger partial charge is 0.236 e. The molecule has 0 amide bonds. The van der Waals surface area contributed by atoms with Crippen molar-refractivity contribution < 1.29 is 9.52 Å². The number of aliphatic hydroxyl groups excluding tert-OH is 1. The molecule has 1 aliphatic rings. The van der Waals surface area contributed by atoms with Crippen LogP contribution in [0.15, 0.2) is 28.2 Å². The van der Waals surface area contributed by atoms with Crippen LogP contribution < -0.4 is 0 Å². The van der Waals surface area contributed by atoms with Gasteiger partial charge in [-0.2, -0.15) is 0 Å². The molecule has 2 heterocycles. The molecule has 0 bridgehead atoms. The van der Waals surface area contributed by atoms with E-state index in [4.69, 9.17) is 4.42 Å². The van der Waals surface area contributed by atoms with Crippen molar-refractivity contribution in [2.75, 3.05) is 7.05 Å². The van der Waals surface area contributed by atoms with E-state index in [1.54, 1.807) is 17.6 Å². The highest BCUT2D eigenvalue weighted by Gasteiger charge is 2.27. The van der Waals surface area contributed by atoms with E-state index in [-0.39, 0.29) is 12.1 Å². The normalized spacial score (nSPS) is 23.4. The molecule has 4 nitrogen and oxygen atoms in total. The van der Waals surface area contributed by atoms with Crippen LogP contribution in [0.2, 0.25) is 0 Å². The topological polar surface area (TPSA) is 49.5 Å². The van der Waals surface area contributed by atoms with Gasteiger partial charge in [-0.25, -0.2) is 4.98 Å². The molecule has 1 aliphatic carbocycles. The van der Waals surface area contributed by atoms with Gasteiger partial charge >= 0.3 is 0 Å². The van der Waals surface area contributed by atoms with Gasteiger partial charge in [-0.15, -0.1) is 11.3 Å². The number of oxazole rings is 1. The summed E-state index contributed by atoms with van der Waals surface area (Å²) in [4.78, 5) is 7.78. The minimum Gasteiger partial charge on any atom is -0.444 e. The molecule has 2 atom stereocenters. The van der Waals surface area contributed by atoms with Gasteiger partial charge in [-0.3, -0.25) is 4.90 Å². The molecule has 0 saturated heterocycles.